The summed E-state index contributed by atoms with van der Waals surface area (Å²) >= 11 is 0. The molecule has 0 bridgehead atoms. The van der Waals surface area contributed by atoms with Crippen LogP contribution in [-0.4, -0.2) is 37.6 Å². The summed E-state index contributed by atoms with van der Waals surface area (Å²) in [5.41, 5.74) is 0. The van der Waals surface area contributed by atoms with Crippen molar-refractivity contribution < 1.29 is 4.79 Å². The third-order valence-corrected chi connectivity index (χ3v) is 2.35. The first kappa shape index (κ1) is 11.5. The molecule has 3 N–H and O–H groups in total. The van der Waals surface area contributed by atoms with E-state index in [1.165, 1.54) is 0 Å². The minimum Gasteiger partial charge on any atom is -0.354 e. The standard InChI is InChI=1S/C10H21N3O/c1-7(2)4-12-10(14)8(3)13-9-5-11-6-9/h7-9,11,13H,4-6H2,1-3H3,(H,12,14). The molecule has 1 rings (SSSR count). The highest BCUT2D eigenvalue weighted by molar-refractivity contribution is 5.81. The van der Waals surface area contributed by atoms with Crippen LogP contribution in [0.2, 0.25) is 0 Å². The fourth-order valence-corrected chi connectivity index (χ4v) is 1.29. The quantitative estimate of drug-likeness (QED) is 0.570. The van der Waals surface area contributed by atoms with Crippen molar-refractivity contribution in [2.45, 2.75) is 32.9 Å². The van der Waals surface area contributed by atoms with Crippen LogP contribution in [0, 0.1) is 5.92 Å². The van der Waals surface area contributed by atoms with Crippen molar-refractivity contribution in [3.63, 3.8) is 0 Å². The van der Waals surface area contributed by atoms with Gasteiger partial charge in [-0.2, -0.15) is 0 Å². The lowest BCUT2D eigenvalue weighted by atomic mass is 10.1. The highest BCUT2D eigenvalue weighted by Gasteiger charge is 2.21. The zero-order valence-electron chi connectivity index (χ0n) is 9.26. The number of carbonyl (C=O) groups excluding carboxylic acids is 1. The van der Waals surface area contributed by atoms with E-state index in [1.54, 1.807) is 0 Å². The van der Waals surface area contributed by atoms with Gasteiger partial charge in [-0.25, -0.2) is 0 Å². The summed E-state index contributed by atoms with van der Waals surface area (Å²) in [5, 5.41) is 9.34. The van der Waals surface area contributed by atoms with Crippen LogP contribution in [-0.2, 0) is 4.79 Å². The fourth-order valence-electron chi connectivity index (χ4n) is 1.29. The van der Waals surface area contributed by atoms with Gasteiger partial charge in [-0.15, -0.1) is 0 Å². The third-order valence-electron chi connectivity index (χ3n) is 2.35. The first-order chi connectivity index (χ1) is 6.59. The molecule has 0 saturated carbocycles. The molecule has 4 nitrogen and oxygen atoms in total. The molecule has 0 aliphatic carbocycles. The van der Waals surface area contributed by atoms with E-state index in [2.05, 4.69) is 29.8 Å². The highest BCUT2D eigenvalue weighted by atomic mass is 16.2. The normalized spacial score (nSPS) is 19.1. The smallest absolute Gasteiger partial charge is 0.236 e. The molecule has 0 aromatic rings. The van der Waals surface area contributed by atoms with Gasteiger partial charge in [0.2, 0.25) is 5.91 Å². The van der Waals surface area contributed by atoms with Gasteiger partial charge in [-0.3, -0.25) is 4.79 Å². The van der Waals surface area contributed by atoms with Crippen molar-refractivity contribution in [2.24, 2.45) is 5.92 Å². The van der Waals surface area contributed by atoms with Gasteiger partial charge in [-0.05, 0) is 12.8 Å². The molecule has 1 fully saturated rings. The van der Waals surface area contributed by atoms with E-state index in [4.69, 9.17) is 0 Å². The molecule has 82 valence electrons. The van der Waals surface area contributed by atoms with E-state index in [1.807, 2.05) is 6.92 Å². The molecule has 1 aliphatic heterocycles. The molecule has 1 heterocycles. The van der Waals surface area contributed by atoms with Crippen molar-refractivity contribution in [3.8, 4) is 0 Å². The van der Waals surface area contributed by atoms with Crippen molar-refractivity contribution in [1.29, 1.82) is 0 Å². The number of amides is 1. The summed E-state index contributed by atoms with van der Waals surface area (Å²) in [6.45, 7) is 8.80. The number of rotatable bonds is 5. The van der Waals surface area contributed by atoms with Gasteiger partial charge in [0.1, 0.15) is 0 Å². The summed E-state index contributed by atoms with van der Waals surface area (Å²) in [4.78, 5) is 11.5. The zero-order valence-corrected chi connectivity index (χ0v) is 9.26. The first-order valence-electron chi connectivity index (χ1n) is 5.34. The molecule has 4 heteroatoms. The maximum Gasteiger partial charge on any atom is 0.236 e. The summed E-state index contributed by atoms with van der Waals surface area (Å²) in [5.74, 6) is 0.613. The average Bonchev–Trinajstić information content (AvgIpc) is 2.06. The van der Waals surface area contributed by atoms with Crippen LogP contribution in [0.1, 0.15) is 20.8 Å². The highest BCUT2D eigenvalue weighted by Crippen LogP contribution is 1.94. The SMILES string of the molecule is CC(C)CNC(=O)C(C)NC1CNC1. The summed E-state index contributed by atoms with van der Waals surface area (Å²) in [7, 11) is 0. The molecule has 0 aromatic heterocycles. The lowest BCUT2D eigenvalue weighted by Gasteiger charge is -2.30. The Balaban J connectivity index is 2.14. The molecular weight excluding hydrogens is 178 g/mol. The minimum atomic E-state index is -0.0825. The predicted molar refractivity (Wildman–Crippen MR) is 57.1 cm³/mol. The van der Waals surface area contributed by atoms with Crippen molar-refractivity contribution in [3.05, 3.63) is 0 Å². The van der Waals surface area contributed by atoms with E-state index < -0.39 is 0 Å². The Morgan fingerprint density at radius 3 is 2.50 bits per heavy atom. The van der Waals surface area contributed by atoms with Gasteiger partial charge in [0.25, 0.3) is 0 Å². The Morgan fingerprint density at radius 2 is 2.07 bits per heavy atom. The largest absolute Gasteiger partial charge is 0.354 e. The van der Waals surface area contributed by atoms with Crippen LogP contribution in [0.5, 0.6) is 0 Å². The molecule has 14 heavy (non-hydrogen) atoms. The Morgan fingerprint density at radius 1 is 1.43 bits per heavy atom. The molecule has 1 unspecified atom stereocenters. The van der Waals surface area contributed by atoms with Crippen LogP contribution in [0.3, 0.4) is 0 Å². The Labute approximate surface area is 85.8 Å². The number of hydrogen-bond donors (Lipinski definition) is 3. The van der Waals surface area contributed by atoms with Gasteiger partial charge in [-0.1, -0.05) is 13.8 Å². The summed E-state index contributed by atoms with van der Waals surface area (Å²) in [6.07, 6.45) is 0. The molecule has 1 aliphatic rings. The number of hydrogen-bond acceptors (Lipinski definition) is 3. The van der Waals surface area contributed by atoms with E-state index >= 15 is 0 Å². The molecular formula is C10H21N3O. The molecule has 1 saturated heterocycles. The van der Waals surface area contributed by atoms with Crippen LogP contribution in [0.4, 0.5) is 0 Å². The Bertz CT molecular complexity index is 190. The van der Waals surface area contributed by atoms with Gasteiger partial charge in [0.15, 0.2) is 0 Å². The zero-order chi connectivity index (χ0) is 10.6. The van der Waals surface area contributed by atoms with Crippen LogP contribution in [0.25, 0.3) is 0 Å². The lowest BCUT2D eigenvalue weighted by Crippen LogP contribution is -2.60. The van der Waals surface area contributed by atoms with E-state index in [-0.39, 0.29) is 11.9 Å². The van der Waals surface area contributed by atoms with Crippen LogP contribution >= 0.6 is 0 Å². The molecule has 0 radical (unpaired) electrons. The second-order valence-electron chi connectivity index (χ2n) is 4.38. The number of nitrogens with one attached hydrogen (secondary N) is 3. The lowest BCUT2D eigenvalue weighted by molar-refractivity contribution is -0.123. The second kappa shape index (κ2) is 5.32. The van der Waals surface area contributed by atoms with Gasteiger partial charge >= 0.3 is 0 Å². The summed E-state index contributed by atoms with van der Waals surface area (Å²) < 4.78 is 0. The molecule has 1 atom stereocenters. The minimum absolute atomic E-state index is 0.0825. The third kappa shape index (κ3) is 3.64. The topological polar surface area (TPSA) is 53.2 Å². The Kier molecular flexibility index (Phi) is 4.35. The van der Waals surface area contributed by atoms with E-state index in [0.29, 0.717) is 12.0 Å². The monoisotopic (exact) mass is 199 g/mol. The predicted octanol–water partition coefficient (Wildman–Crippen LogP) is -0.291. The van der Waals surface area contributed by atoms with E-state index in [0.717, 1.165) is 19.6 Å². The van der Waals surface area contributed by atoms with Crippen molar-refractivity contribution >= 4 is 5.91 Å². The molecule has 0 spiro atoms. The van der Waals surface area contributed by atoms with Gasteiger partial charge < -0.3 is 16.0 Å². The second-order valence-corrected chi connectivity index (χ2v) is 4.38. The van der Waals surface area contributed by atoms with Crippen LogP contribution < -0.4 is 16.0 Å². The average molecular weight is 199 g/mol. The van der Waals surface area contributed by atoms with Crippen molar-refractivity contribution in [2.75, 3.05) is 19.6 Å². The van der Waals surface area contributed by atoms with Crippen LogP contribution in [0.15, 0.2) is 0 Å². The summed E-state index contributed by atoms with van der Waals surface area (Å²) in [6, 6.07) is 0.385. The fraction of sp³-hybridized carbons (Fsp3) is 0.900. The van der Waals surface area contributed by atoms with E-state index in [9.17, 15) is 4.79 Å². The first-order valence-corrected chi connectivity index (χ1v) is 5.34. The maximum atomic E-state index is 11.5. The van der Waals surface area contributed by atoms with Gasteiger partial charge in [0.05, 0.1) is 6.04 Å². The molecule has 0 aromatic carbocycles. The van der Waals surface area contributed by atoms with Crippen molar-refractivity contribution in [1.82, 2.24) is 16.0 Å². The molecule has 1 amide bonds. The van der Waals surface area contributed by atoms with Gasteiger partial charge in [0, 0.05) is 25.7 Å². The number of carbonyl (C=O) groups is 1. The Hall–Kier alpha value is -0.610. The maximum absolute atomic E-state index is 11.5.